The van der Waals surface area contributed by atoms with E-state index in [1.807, 2.05) is 56.3 Å². The quantitative estimate of drug-likeness (QED) is 0.561. The fourth-order valence-corrected chi connectivity index (χ4v) is 3.92. The monoisotopic (exact) mass is 332 g/mol. The zero-order valence-corrected chi connectivity index (χ0v) is 14.4. The normalized spacial score (nSPS) is 15.4. The zero-order valence-electron chi connectivity index (χ0n) is 13.5. The molecule has 0 fully saturated rings. The van der Waals surface area contributed by atoms with Gasteiger partial charge in [-0.2, -0.15) is 0 Å². The minimum Gasteiger partial charge on any atom is -0.326 e. The highest BCUT2D eigenvalue weighted by Gasteiger charge is 2.21. The van der Waals surface area contributed by atoms with Gasteiger partial charge in [0.05, 0.1) is 6.61 Å². The Morgan fingerprint density at radius 1 is 1.00 bits per heavy atom. The molecule has 2 aromatic carbocycles. The van der Waals surface area contributed by atoms with E-state index in [0.29, 0.717) is 18.7 Å². The molecule has 1 aliphatic rings. The van der Waals surface area contributed by atoms with E-state index in [1.54, 1.807) is 0 Å². The van der Waals surface area contributed by atoms with E-state index < -0.39 is 7.37 Å². The summed E-state index contributed by atoms with van der Waals surface area (Å²) in [5, 5.41) is 0.819. The van der Waals surface area contributed by atoms with Gasteiger partial charge in [-0.1, -0.05) is 49.4 Å². The third-order valence-corrected chi connectivity index (χ3v) is 6.14. The number of hydrogen-bond donors (Lipinski definition) is 0. The summed E-state index contributed by atoms with van der Waals surface area (Å²) in [6.45, 7) is 4.26. The van der Waals surface area contributed by atoms with E-state index in [2.05, 4.69) is 12.2 Å². The summed E-state index contributed by atoms with van der Waals surface area (Å²) in [5.74, 6) is 0.324. The maximum Gasteiger partial charge on any atom is 0.231 e. The number of allylic oxidation sites excluding steroid dienone is 2. The Morgan fingerprint density at radius 2 is 1.61 bits per heavy atom. The van der Waals surface area contributed by atoms with Crippen LogP contribution in [-0.4, -0.2) is 12.8 Å². The molecule has 3 rings (SSSR count). The summed E-state index contributed by atoms with van der Waals surface area (Å²) in [5.41, 5.74) is 1.18. The van der Waals surface area contributed by atoms with Crippen LogP contribution in [0, 0.1) is 5.82 Å². The van der Waals surface area contributed by atoms with Crippen LogP contribution in [0.1, 0.15) is 25.3 Å². The van der Waals surface area contributed by atoms with E-state index in [-0.39, 0.29) is 5.82 Å². The van der Waals surface area contributed by atoms with Crippen LogP contribution in [-0.2, 0) is 9.09 Å². The van der Waals surface area contributed by atoms with Crippen LogP contribution in [0.3, 0.4) is 0 Å². The fourth-order valence-electron chi connectivity index (χ4n) is 2.17. The Kier molecular flexibility index (Phi) is 6.32. The first-order valence-electron chi connectivity index (χ1n) is 7.82. The number of benzene rings is 2. The first-order chi connectivity index (χ1) is 11.1. The fraction of sp³-hybridized carbons (Fsp3) is 0.263. The standard InChI is InChI=1S/C10H15O2P.C9H7F/c1-3-12-13(11,4-2)10-8-6-5-7-9-10;10-9-5-3-8(4-6-9)7-1-2-7/h5-9H,3-4H2,1-2H3;1-7H. The SMILES string of the molecule is CCOP(=O)(CC)c1ccccc1.Fc1ccc(C2C=C2)cc1. The third-order valence-electron chi connectivity index (χ3n) is 3.54. The minimum absolute atomic E-state index is 0.163. The molecular weight excluding hydrogens is 310 g/mol. The van der Waals surface area contributed by atoms with Gasteiger partial charge in [-0.25, -0.2) is 4.39 Å². The van der Waals surface area contributed by atoms with Gasteiger partial charge >= 0.3 is 0 Å². The van der Waals surface area contributed by atoms with Crippen molar-refractivity contribution in [3.63, 3.8) is 0 Å². The predicted molar refractivity (Wildman–Crippen MR) is 94.1 cm³/mol. The summed E-state index contributed by atoms with van der Waals surface area (Å²) in [4.78, 5) is 0. The molecular formula is C19H22FO2P. The van der Waals surface area contributed by atoms with Crippen molar-refractivity contribution in [3.8, 4) is 0 Å². The first-order valence-corrected chi connectivity index (χ1v) is 9.63. The molecule has 1 aliphatic carbocycles. The largest absolute Gasteiger partial charge is 0.326 e. The van der Waals surface area contributed by atoms with Crippen LogP contribution in [0.2, 0.25) is 0 Å². The molecule has 0 N–H and O–H groups in total. The van der Waals surface area contributed by atoms with Crippen molar-refractivity contribution < 1.29 is 13.5 Å². The Morgan fingerprint density at radius 3 is 2.09 bits per heavy atom. The van der Waals surface area contributed by atoms with Crippen molar-refractivity contribution in [2.24, 2.45) is 0 Å². The van der Waals surface area contributed by atoms with Gasteiger partial charge in [0.25, 0.3) is 0 Å². The van der Waals surface area contributed by atoms with Crippen molar-refractivity contribution in [3.05, 3.63) is 78.1 Å². The van der Waals surface area contributed by atoms with Crippen molar-refractivity contribution >= 4 is 12.7 Å². The van der Waals surface area contributed by atoms with E-state index in [4.69, 9.17) is 4.52 Å². The topological polar surface area (TPSA) is 26.3 Å². The molecule has 0 bridgehead atoms. The summed E-state index contributed by atoms with van der Waals surface area (Å²) >= 11 is 0. The highest BCUT2D eigenvalue weighted by atomic mass is 31.2. The lowest BCUT2D eigenvalue weighted by Gasteiger charge is -2.15. The number of rotatable bonds is 5. The molecule has 1 atom stereocenters. The molecule has 122 valence electrons. The summed E-state index contributed by atoms with van der Waals surface area (Å²) in [6, 6.07) is 16.0. The Balaban J connectivity index is 0.000000172. The van der Waals surface area contributed by atoms with E-state index in [9.17, 15) is 8.96 Å². The molecule has 2 aromatic rings. The summed E-state index contributed by atoms with van der Waals surface area (Å²) < 4.78 is 29.8. The maximum absolute atomic E-state index is 12.4. The van der Waals surface area contributed by atoms with Crippen LogP contribution >= 0.6 is 7.37 Å². The van der Waals surface area contributed by atoms with Gasteiger partial charge in [-0.3, -0.25) is 4.57 Å². The third kappa shape index (κ3) is 5.16. The molecule has 0 aliphatic heterocycles. The molecule has 0 radical (unpaired) electrons. The number of halogens is 1. The molecule has 0 saturated heterocycles. The van der Waals surface area contributed by atoms with E-state index >= 15 is 0 Å². The van der Waals surface area contributed by atoms with Gasteiger partial charge in [0.1, 0.15) is 5.82 Å². The first kappa shape index (κ1) is 17.7. The second-order valence-corrected chi connectivity index (χ2v) is 7.96. The number of hydrogen-bond acceptors (Lipinski definition) is 2. The Labute approximate surface area is 137 Å². The van der Waals surface area contributed by atoms with Crippen molar-refractivity contribution in [1.29, 1.82) is 0 Å². The molecule has 0 aromatic heterocycles. The van der Waals surface area contributed by atoms with E-state index in [1.165, 1.54) is 17.7 Å². The highest BCUT2D eigenvalue weighted by Crippen LogP contribution is 2.44. The molecule has 23 heavy (non-hydrogen) atoms. The van der Waals surface area contributed by atoms with Gasteiger partial charge in [-0.15, -0.1) is 0 Å². The van der Waals surface area contributed by atoms with Crippen molar-refractivity contribution in [1.82, 2.24) is 0 Å². The maximum atomic E-state index is 12.4. The molecule has 0 saturated carbocycles. The molecule has 1 unspecified atom stereocenters. The Hall–Kier alpha value is -1.70. The van der Waals surface area contributed by atoms with Crippen molar-refractivity contribution in [2.75, 3.05) is 12.8 Å². The second kappa shape index (κ2) is 8.24. The Bertz CT molecular complexity index is 674. The second-order valence-electron chi connectivity index (χ2n) is 5.21. The molecule has 0 amide bonds. The van der Waals surface area contributed by atoms with Crippen LogP contribution in [0.5, 0.6) is 0 Å². The summed E-state index contributed by atoms with van der Waals surface area (Å²) in [7, 11) is -2.55. The van der Waals surface area contributed by atoms with E-state index in [0.717, 1.165) is 5.30 Å². The van der Waals surface area contributed by atoms with Crippen LogP contribution in [0.25, 0.3) is 0 Å². The molecule has 4 heteroatoms. The summed E-state index contributed by atoms with van der Waals surface area (Å²) in [6.07, 6.45) is 4.74. The molecule has 0 heterocycles. The lowest BCUT2D eigenvalue weighted by Crippen LogP contribution is -2.08. The van der Waals surface area contributed by atoms with Gasteiger partial charge in [0.2, 0.25) is 7.37 Å². The zero-order chi connectivity index (χ0) is 16.7. The van der Waals surface area contributed by atoms with Gasteiger partial charge < -0.3 is 4.52 Å². The van der Waals surface area contributed by atoms with Gasteiger partial charge in [0.15, 0.2) is 0 Å². The van der Waals surface area contributed by atoms with Gasteiger partial charge in [0, 0.05) is 17.4 Å². The molecule has 0 spiro atoms. The van der Waals surface area contributed by atoms with Crippen LogP contribution in [0.15, 0.2) is 66.7 Å². The van der Waals surface area contributed by atoms with Gasteiger partial charge in [-0.05, 0) is 36.8 Å². The lowest BCUT2D eigenvalue weighted by molar-refractivity contribution is 0.341. The average Bonchev–Trinajstić information content (AvgIpc) is 3.42. The predicted octanol–water partition coefficient (Wildman–Crippen LogP) is 5.13. The lowest BCUT2D eigenvalue weighted by atomic mass is 10.1. The average molecular weight is 332 g/mol. The molecule has 2 nitrogen and oxygen atoms in total. The minimum atomic E-state index is -2.55. The van der Waals surface area contributed by atoms with Crippen LogP contribution < -0.4 is 5.30 Å². The smallest absolute Gasteiger partial charge is 0.231 e. The van der Waals surface area contributed by atoms with Crippen molar-refractivity contribution in [2.45, 2.75) is 19.8 Å². The highest BCUT2D eigenvalue weighted by molar-refractivity contribution is 7.66. The van der Waals surface area contributed by atoms with Crippen LogP contribution in [0.4, 0.5) is 4.39 Å².